The van der Waals surface area contributed by atoms with Crippen LogP contribution >= 0.6 is 0 Å². The molecule has 0 aliphatic carbocycles. The van der Waals surface area contributed by atoms with Crippen molar-refractivity contribution in [2.45, 2.75) is 104 Å². The first-order valence-electron chi connectivity index (χ1n) is 12.8. The molecule has 0 saturated carbocycles. The molecular formula is C26H43NO11. The van der Waals surface area contributed by atoms with E-state index in [1.165, 1.54) is 26.8 Å². The largest absolute Gasteiger partial charge is 0.463 e. The zero-order chi connectivity index (χ0) is 28.7. The minimum Gasteiger partial charge on any atom is -0.463 e. The van der Waals surface area contributed by atoms with Gasteiger partial charge >= 0.3 is 24.0 Å². The van der Waals surface area contributed by atoms with Crippen LogP contribution in [0.4, 0.5) is 4.79 Å². The number of unbranched alkanes of at least 4 members (excludes halogenated alkanes) is 3. The van der Waals surface area contributed by atoms with Crippen LogP contribution in [0.5, 0.6) is 0 Å². The van der Waals surface area contributed by atoms with E-state index in [0.29, 0.717) is 13.0 Å². The zero-order valence-corrected chi connectivity index (χ0v) is 23.3. The first-order chi connectivity index (χ1) is 17.8. The molecule has 1 rings (SSSR count). The second kappa shape index (κ2) is 17.0. The highest BCUT2D eigenvalue weighted by atomic mass is 16.7. The number of carbonyl (C=O) groups is 4. The summed E-state index contributed by atoms with van der Waals surface area (Å²) in [5.41, 5.74) is -0.544. The van der Waals surface area contributed by atoms with Gasteiger partial charge in [0.25, 0.3) is 0 Å². The van der Waals surface area contributed by atoms with Crippen molar-refractivity contribution in [3.05, 3.63) is 12.7 Å². The van der Waals surface area contributed by atoms with E-state index in [1.807, 2.05) is 0 Å². The summed E-state index contributed by atoms with van der Waals surface area (Å²) in [6.07, 6.45) is -0.897. The molecule has 1 fully saturated rings. The molecule has 0 aromatic rings. The average molecular weight is 546 g/mol. The Morgan fingerprint density at radius 1 is 0.868 bits per heavy atom. The summed E-state index contributed by atoms with van der Waals surface area (Å²) in [6, 6.07) is 0. The van der Waals surface area contributed by atoms with Crippen LogP contribution in [0.15, 0.2) is 12.7 Å². The van der Waals surface area contributed by atoms with E-state index in [9.17, 15) is 19.2 Å². The highest BCUT2D eigenvalue weighted by molar-refractivity contribution is 5.68. The number of alkyl carbamates (subject to hydrolysis) is 1. The van der Waals surface area contributed by atoms with E-state index in [-0.39, 0.29) is 19.8 Å². The van der Waals surface area contributed by atoms with Gasteiger partial charge < -0.3 is 38.5 Å². The number of rotatable bonds is 15. The molecule has 218 valence electrons. The molecule has 38 heavy (non-hydrogen) atoms. The SMILES string of the molecule is C=CCO[C@H]1[C@@H](OC(C)=O)[C@@H](COC(C)=O)O[C@@H](OCCCCCCNC(=O)OC(C)(C)C)[C@@H]1OC(C)=O. The molecule has 0 aromatic heterocycles. The number of esters is 3. The van der Waals surface area contributed by atoms with Crippen molar-refractivity contribution in [3.8, 4) is 0 Å². The number of nitrogens with one attached hydrogen (secondary N) is 1. The molecule has 1 heterocycles. The van der Waals surface area contributed by atoms with E-state index in [1.54, 1.807) is 20.8 Å². The smallest absolute Gasteiger partial charge is 0.407 e. The monoisotopic (exact) mass is 545 g/mol. The maximum absolute atomic E-state index is 11.9. The fourth-order valence-corrected chi connectivity index (χ4v) is 3.65. The standard InChI is InChI=1S/C26H43NO11/c1-8-14-32-22-21(35-18(3)29)20(16-34-17(2)28)37-24(23(22)36-19(4)30)33-15-12-10-9-11-13-27-25(31)38-26(5,6)7/h8,20-24H,1,9-16H2,2-7H3,(H,27,31)/t20-,21+,22+,23-,24-/m1/s1. The van der Waals surface area contributed by atoms with E-state index in [4.69, 9.17) is 33.2 Å². The van der Waals surface area contributed by atoms with Crippen LogP contribution in [-0.4, -0.2) is 86.7 Å². The van der Waals surface area contributed by atoms with E-state index in [2.05, 4.69) is 11.9 Å². The second-order valence-electron chi connectivity index (χ2n) is 9.79. The molecular weight excluding hydrogens is 502 g/mol. The molecule has 1 N–H and O–H groups in total. The molecule has 0 radical (unpaired) electrons. The Kier molecular flexibility index (Phi) is 14.9. The van der Waals surface area contributed by atoms with Gasteiger partial charge in [0.15, 0.2) is 18.5 Å². The van der Waals surface area contributed by atoms with Crippen LogP contribution < -0.4 is 5.32 Å². The van der Waals surface area contributed by atoms with Gasteiger partial charge in [-0.25, -0.2) is 4.79 Å². The summed E-state index contributed by atoms with van der Waals surface area (Å²) in [4.78, 5) is 46.8. The van der Waals surface area contributed by atoms with E-state index < -0.39 is 60.3 Å². The second-order valence-corrected chi connectivity index (χ2v) is 9.79. The first-order valence-corrected chi connectivity index (χ1v) is 12.8. The van der Waals surface area contributed by atoms with Crippen molar-refractivity contribution in [2.75, 3.05) is 26.4 Å². The maximum Gasteiger partial charge on any atom is 0.407 e. The van der Waals surface area contributed by atoms with E-state index in [0.717, 1.165) is 19.3 Å². The van der Waals surface area contributed by atoms with Crippen LogP contribution in [0, 0.1) is 0 Å². The summed E-state index contributed by atoms with van der Waals surface area (Å²) < 4.78 is 38.9. The fraction of sp³-hybridized carbons (Fsp3) is 0.769. The summed E-state index contributed by atoms with van der Waals surface area (Å²) >= 11 is 0. The Balaban J connectivity index is 2.75. The van der Waals surface area contributed by atoms with Gasteiger partial charge in [0.2, 0.25) is 0 Å². The molecule has 0 spiro atoms. The molecule has 1 saturated heterocycles. The number of carbonyl (C=O) groups excluding carboxylic acids is 4. The lowest BCUT2D eigenvalue weighted by molar-refractivity contribution is -0.311. The van der Waals surface area contributed by atoms with Gasteiger partial charge in [-0.3, -0.25) is 14.4 Å². The molecule has 0 unspecified atom stereocenters. The van der Waals surface area contributed by atoms with Crippen molar-refractivity contribution in [3.63, 3.8) is 0 Å². The topological polar surface area (TPSA) is 145 Å². The fourth-order valence-electron chi connectivity index (χ4n) is 3.65. The van der Waals surface area contributed by atoms with Gasteiger partial charge in [-0.1, -0.05) is 18.9 Å². The molecule has 1 aliphatic heterocycles. The van der Waals surface area contributed by atoms with Gasteiger partial charge in [0.1, 0.15) is 24.4 Å². The quantitative estimate of drug-likeness (QED) is 0.140. The molecule has 0 aromatic carbocycles. The molecule has 5 atom stereocenters. The zero-order valence-electron chi connectivity index (χ0n) is 23.3. The van der Waals surface area contributed by atoms with Gasteiger partial charge in [0.05, 0.1) is 6.61 Å². The highest BCUT2D eigenvalue weighted by Crippen LogP contribution is 2.30. The Labute approximate surface area is 224 Å². The molecule has 1 amide bonds. The van der Waals surface area contributed by atoms with E-state index >= 15 is 0 Å². The van der Waals surface area contributed by atoms with Crippen LogP contribution in [0.2, 0.25) is 0 Å². The Morgan fingerprint density at radius 2 is 1.50 bits per heavy atom. The number of ether oxygens (including phenoxy) is 7. The third-order valence-corrected chi connectivity index (χ3v) is 5.07. The highest BCUT2D eigenvalue weighted by Gasteiger charge is 2.51. The molecule has 12 heteroatoms. The number of hydrogen-bond donors (Lipinski definition) is 1. The normalized spacial score (nSPS) is 23.2. The van der Waals surface area contributed by atoms with Gasteiger partial charge in [-0.05, 0) is 33.6 Å². The lowest BCUT2D eigenvalue weighted by Gasteiger charge is -2.44. The Bertz CT molecular complexity index is 780. The third-order valence-electron chi connectivity index (χ3n) is 5.07. The summed E-state index contributed by atoms with van der Waals surface area (Å²) in [5.74, 6) is -1.75. The third kappa shape index (κ3) is 13.7. The Hall–Kier alpha value is -2.70. The Morgan fingerprint density at radius 3 is 2.08 bits per heavy atom. The lowest BCUT2D eigenvalue weighted by atomic mass is 9.98. The molecule has 0 bridgehead atoms. The van der Waals surface area contributed by atoms with Crippen LogP contribution in [-0.2, 0) is 47.5 Å². The average Bonchev–Trinajstić information content (AvgIpc) is 2.78. The number of hydrogen-bond acceptors (Lipinski definition) is 11. The van der Waals surface area contributed by atoms with Crippen LogP contribution in [0.25, 0.3) is 0 Å². The van der Waals surface area contributed by atoms with Crippen molar-refractivity contribution in [2.24, 2.45) is 0 Å². The predicted octanol–water partition coefficient (Wildman–Crippen LogP) is 2.81. The van der Waals surface area contributed by atoms with Gasteiger partial charge in [-0.15, -0.1) is 6.58 Å². The van der Waals surface area contributed by atoms with Crippen molar-refractivity contribution in [1.29, 1.82) is 0 Å². The van der Waals surface area contributed by atoms with Crippen molar-refractivity contribution < 1.29 is 52.3 Å². The van der Waals surface area contributed by atoms with Crippen LogP contribution in [0.3, 0.4) is 0 Å². The minimum atomic E-state index is -1.06. The van der Waals surface area contributed by atoms with Crippen molar-refractivity contribution in [1.82, 2.24) is 5.32 Å². The summed E-state index contributed by atoms with van der Waals surface area (Å²) in [5, 5.41) is 2.72. The van der Waals surface area contributed by atoms with Crippen LogP contribution in [0.1, 0.15) is 67.2 Å². The summed E-state index contributed by atoms with van der Waals surface area (Å²) in [6.45, 7) is 13.4. The van der Waals surface area contributed by atoms with Gasteiger partial charge in [-0.2, -0.15) is 0 Å². The summed E-state index contributed by atoms with van der Waals surface area (Å²) in [7, 11) is 0. The first kappa shape index (κ1) is 33.3. The maximum atomic E-state index is 11.9. The number of amides is 1. The van der Waals surface area contributed by atoms with Gasteiger partial charge in [0, 0.05) is 33.9 Å². The lowest BCUT2D eigenvalue weighted by Crippen LogP contribution is -2.62. The minimum absolute atomic E-state index is 0.0739. The molecule has 1 aliphatic rings. The van der Waals surface area contributed by atoms with Crippen molar-refractivity contribution >= 4 is 24.0 Å². The molecule has 12 nitrogen and oxygen atoms in total. The predicted molar refractivity (Wildman–Crippen MR) is 135 cm³/mol.